The van der Waals surface area contributed by atoms with Crippen LogP contribution in [0.4, 0.5) is 21.5 Å². The molecule has 4 heteroatoms. The highest BCUT2D eigenvalue weighted by atomic mass is 19.1. The van der Waals surface area contributed by atoms with E-state index in [2.05, 4.69) is 210 Å². The van der Waals surface area contributed by atoms with Crippen LogP contribution in [0.15, 0.2) is 253 Å². The molecule has 0 saturated carbocycles. The van der Waals surface area contributed by atoms with Gasteiger partial charge in [-0.05, 0) is 133 Å². The van der Waals surface area contributed by atoms with Gasteiger partial charge in [0.2, 0.25) is 0 Å². The molecule has 2 aromatic heterocycles. The van der Waals surface area contributed by atoms with Crippen molar-refractivity contribution in [1.82, 2.24) is 4.57 Å². The Labute approximate surface area is 419 Å². The van der Waals surface area contributed by atoms with Crippen molar-refractivity contribution >= 4 is 82.4 Å². The highest BCUT2D eigenvalue weighted by Gasteiger charge is 2.54. The number of benzene rings is 12. The average molecular weight is 933 g/mol. The first kappa shape index (κ1) is 40.2. The molecular formula is C69H41FN2O. The molecule has 2 heterocycles. The summed E-state index contributed by atoms with van der Waals surface area (Å²) >= 11 is 0. The van der Waals surface area contributed by atoms with Gasteiger partial charge in [0.15, 0.2) is 0 Å². The molecule has 12 aromatic carbocycles. The Kier molecular flexibility index (Phi) is 8.27. The van der Waals surface area contributed by atoms with Crippen molar-refractivity contribution in [1.29, 1.82) is 0 Å². The summed E-state index contributed by atoms with van der Waals surface area (Å²) in [4.78, 5) is 2.28. The average Bonchev–Trinajstić information content (AvgIpc) is 4.18. The molecule has 0 fully saturated rings. The number of halogens is 1. The number of nitrogens with zero attached hydrogens (tertiary/aromatic N) is 2. The van der Waals surface area contributed by atoms with Crippen LogP contribution in [0.1, 0.15) is 22.3 Å². The van der Waals surface area contributed by atoms with Crippen molar-refractivity contribution < 1.29 is 8.81 Å². The minimum Gasteiger partial charge on any atom is -0.455 e. The largest absolute Gasteiger partial charge is 0.455 e. The van der Waals surface area contributed by atoms with Crippen molar-refractivity contribution in [3.05, 3.63) is 277 Å². The van der Waals surface area contributed by atoms with Gasteiger partial charge in [0.05, 0.1) is 27.5 Å². The summed E-state index contributed by atoms with van der Waals surface area (Å²) in [5, 5.41) is 9.05. The Morgan fingerprint density at radius 2 is 0.986 bits per heavy atom. The van der Waals surface area contributed by atoms with Gasteiger partial charge in [-0.2, -0.15) is 0 Å². The molecule has 3 nitrogen and oxygen atoms in total. The molecule has 0 atom stereocenters. The molecule has 0 N–H and O–H groups in total. The third-order valence-electron chi connectivity index (χ3n) is 16.0. The van der Waals surface area contributed by atoms with Crippen molar-refractivity contribution in [3.63, 3.8) is 0 Å². The molecule has 0 radical (unpaired) electrons. The highest BCUT2D eigenvalue weighted by Crippen LogP contribution is 2.67. The van der Waals surface area contributed by atoms with Gasteiger partial charge >= 0.3 is 0 Å². The van der Waals surface area contributed by atoms with Gasteiger partial charge in [-0.3, -0.25) is 0 Å². The quantitative estimate of drug-likeness (QED) is 0.171. The van der Waals surface area contributed by atoms with Crippen molar-refractivity contribution in [3.8, 4) is 39.1 Å². The van der Waals surface area contributed by atoms with Gasteiger partial charge < -0.3 is 13.9 Å². The molecular weight excluding hydrogens is 892 g/mol. The summed E-state index contributed by atoms with van der Waals surface area (Å²) in [6.07, 6.45) is 0. The number of rotatable bonds is 5. The number of hydrogen-bond acceptors (Lipinski definition) is 2. The molecule has 73 heavy (non-hydrogen) atoms. The lowest BCUT2D eigenvalue weighted by atomic mass is 9.70. The number of hydrogen-bond donors (Lipinski definition) is 0. The summed E-state index contributed by atoms with van der Waals surface area (Å²) in [5.41, 5.74) is 17.6. The lowest BCUT2D eigenvalue weighted by Crippen LogP contribution is -2.26. The fourth-order valence-corrected chi connectivity index (χ4v) is 13.1. The van der Waals surface area contributed by atoms with Crippen LogP contribution in [0.3, 0.4) is 0 Å². The number of para-hydroxylation sites is 3. The van der Waals surface area contributed by atoms with E-state index >= 15 is 4.39 Å². The Morgan fingerprint density at radius 1 is 0.397 bits per heavy atom. The van der Waals surface area contributed by atoms with E-state index in [0.29, 0.717) is 11.3 Å². The summed E-state index contributed by atoms with van der Waals surface area (Å²) in [7, 11) is 0. The van der Waals surface area contributed by atoms with Crippen LogP contribution in [-0.2, 0) is 5.41 Å². The second-order valence-electron chi connectivity index (χ2n) is 19.6. The van der Waals surface area contributed by atoms with E-state index in [-0.39, 0.29) is 5.82 Å². The second kappa shape index (κ2) is 15.0. The Balaban J connectivity index is 1.06. The molecule has 340 valence electrons. The predicted octanol–water partition coefficient (Wildman–Crippen LogP) is 18.6. The van der Waals surface area contributed by atoms with Crippen LogP contribution < -0.4 is 4.90 Å². The molecule has 0 aliphatic heterocycles. The van der Waals surface area contributed by atoms with E-state index in [0.717, 1.165) is 83.1 Å². The van der Waals surface area contributed by atoms with Crippen molar-refractivity contribution in [2.24, 2.45) is 0 Å². The zero-order valence-corrected chi connectivity index (χ0v) is 39.4. The zero-order valence-electron chi connectivity index (χ0n) is 39.4. The third kappa shape index (κ3) is 5.41. The van der Waals surface area contributed by atoms with Crippen molar-refractivity contribution in [2.45, 2.75) is 5.41 Å². The van der Waals surface area contributed by atoms with E-state index in [1.165, 1.54) is 49.4 Å². The normalized spacial score (nSPS) is 13.1. The van der Waals surface area contributed by atoms with E-state index in [1.807, 2.05) is 42.5 Å². The Morgan fingerprint density at radius 3 is 1.73 bits per heavy atom. The van der Waals surface area contributed by atoms with Crippen LogP contribution >= 0.6 is 0 Å². The molecule has 2 aliphatic rings. The molecule has 0 unspecified atom stereocenters. The van der Waals surface area contributed by atoms with E-state index in [4.69, 9.17) is 4.42 Å². The van der Waals surface area contributed by atoms with E-state index < -0.39 is 5.41 Å². The zero-order chi connectivity index (χ0) is 47.9. The maximum Gasteiger partial charge on any atom is 0.145 e. The smallest absolute Gasteiger partial charge is 0.145 e. The van der Waals surface area contributed by atoms with E-state index in [1.54, 1.807) is 6.07 Å². The molecule has 1 spiro atoms. The Hall–Kier alpha value is -9.51. The molecule has 0 bridgehead atoms. The molecule has 0 saturated heterocycles. The number of aromatic nitrogens is 1. The van der Waals surface area contributed by atoms with Crippen LogP contribution in [0.2, 0.25) is 0 Å². The molecule has 0 amide bonds. The topological polar surface area (TPSA) is 21.3 Å². The fraction of sp³-hybridized carbons (Fsp3) is 0.0145. The second-order valence-corrected chi connectivity index (χ2v) is 19.6. The predicted molar refractivity (Wildman–Crippen MR) is 299 cm³/mol. The van der Waals surface area contributed by atoms with E-state index in [9.17, 15) is 0 Å². The van der Waals surface area contributed by atoms with Gasteiger partial charge in [-0.25, -0.2) is 4.39 Å². The third-order valence-corrected chi connectivity index (χ3v) is 16.0. The summed E-state index contributed by atoms with van der Waals surface area (Å²) in [6.45, 7) is 0. The minimum absolute atomic E-state index is 0.300. The lowest BCUT2D eigenvalue weighted by molar-refractivity contribution is 0.631. The number of anilines is 3. The van der Waals surface area contributed by atoms with Crippen LogP contribution in [0.25, 0.3) is 104 Å². The van der Waals surface area contributed by atoms with Gasteiger partial charge in [0, 0.05) is 44.3 Å². The Bertz CT molecular complexity index is 4560. The molecule has 2 aliphatic carbocycles. The van der Waals surface area contributed by atoms with Crippen LogP contribution in [0.5, 0.6) is 0 Å². The summed E-state index contributed by atoms with van der Waals surface area (Å²) in [5.74, 6) is -0.300. The summed E-state index contributed by atoms with van der Waals surface area (Å²) < 4.78 is 26.9. The maximum atomic E-state index is 17.3. The number of fused-ring (bicyclic) bond motifs is 21. The fourth-order valence-electron chi connectivity index (χ4n) is 13.1. The van der Waals surface area contributed by atoms with Gasteiger partial charge in [-0.1, -0.05) is 182 Å². The molecule has 16 rings (SSSR count). The lowest BCUT2D eigenvalue weighted by Gasteiger charge is -2.33. The summed E-state index contributed by atoms with van der Waals surface area (Å²) in [6, 6.07) is 88.2. The standard InChI is InChI=1S/C69H41FN2O/c70-59-40-47(33-35-48(59)42-17-3-1-4-18-42)71(46-34-38-61-54(39-46)51-25-12-15-29-60(51)72(61)45-21-5-2-6-22-45)62-41-58-66(68-67(62)53-27-13-16-30-63(53)73-68)52-26-11-14-28-55(52)69(58)56-36-31-43-19-7-9-23-49(43)64(56)65-50-24-10-8-20-44(50)32-37-57(65)69/h1-41H. The molecule has 14 aromatic rings. The minimum atomic E-state index is -0.742. The number of furan rings is 1. The van der Waals surface area contributed by atoms with Crippen molar-refractivity contribution in [2.75, 3.05) is 4.90 Å². The first-order valence-electron chi connectivity index (χ1n) is 25.0. The first-order chi connectivity index (χ1) is 36.1. The maximum absolute atomic E-state index is 17.3. The monoisotopic (exact) mass is 932 g/mol. The van der Waals surface area contributed by atoms with Crippen LogP contribution in [0, 0.1) is 5.82 Å². The van der Waals surface area contributed by atoms with Gasteiger partial charge in [0.25, 0.3) is 0 Å². The van der Waals surface area contributed by atoms with Crippen LogP contribution in [-0.4, -0.2) is 4.57 Å². The highest BCUT2D eigenvalue weighted by molar-refractivity contribution is 6.22. The van der Waals surface area contributed by atoms with Gasteiger partial charge in [0.1, 0.15) is 17.0 Å². The first-order valence-corrected chi connectivity index (χ1v) is 25.0. The van der Waals surface area contributed by atoms with Gasteiger partial charge in [-0.15, -0.1) is 0 Å². The SMILES string of the molecule is Fc1cc(N(c2ccc3c(c2)c2ccccc2n3-c2ccccc2)c2cc3c(c4oc5ccccc5c24)-c2ccccc2C32c3ccc4ccccc4c3-c3c2ccc2ccccc32)ccc1-c1ccccc1.